The van der Waals surface area contributed by atoms with Crippen LogP contribution in [0.3, 0.4) is 0 Å². The second kappa shape index (κ2) is 7.03. The van der Waals surface area contributed by atoms with Crippen LogP contribution in [0.4, 0.5) is 0 Å². The van der Waals surface area contributed by atoms with Gasteiger partial charge in [-0.05, 0) is 49.4 Å². The summed E-state index contributed by atoms with van der Waals surface area (Å²) in [5.74, 6) is 1.64. The number of nitrogens with zero attached hydrogens (tertiary/aromatic N) is 2. The van der Waals surface area contributed by atoms with Gasteiger partial charge in [0.1, 0.15) is 18.1 Å². The largest absolute Gasteiger partial charge is 0.486 e. The first kappa shape index (κ1) is 17.0. The van der Waals surface area contributed by atoms with Crippen molar-refractivity contribution >= 4 is 21.8 Å². The highest BCUT2D eigenvalue weighted by Gasteiger charge is 2.29. The van der Waals surface area contributed by atoms with Gasteiger partial charge in [-0.2, -0.15) is 0 Å². The maximum Gasteiger partial charge on any atom is 0.290 e. The average Bonchev–Trinajstić information content (AvgIpc) is 3.30. The maximum absolute atomic E-state index is 12.8. The van der Waals surface area contributed by atoms with Crippen LogP contribution in [0.15, 0.2) is 63.6 Å². The topological polar surface area (TPSA) is 47.6 Å². The van der Waals surface area contributed by atoms with Gasteiger partial charge in [0.25, 0.3) is 5.91 Å². The van der Waals surface area contributed by atoms with E-state index in [4.69, 9.17) is 9.15 Å². The van der Waals surface area contributed by atoms with Crippen molar-refractivity contribution in [3.05, 3.63) is 76.4 Å². The lowest BCUT2D eigenvalue weighted by molar-refractivity contribution is 0.0607. The molecule has 1 aromatic carbocycles. The van der Waals surface area contributed by atoms with Crippen LogP contribution in [0.5, 0.6) is 5.75 Å². The molecule has 0 radical (unpaired) electrons. The fourth-order valence-electron chi connectivity index (χ4n) is 3.28. The molecule has 0 N–H and O–H groups in total. The summed E-state index contributed by atoms with van der Waals surface area (Å²) in [6.07, 6.45) is 2.05. The minimum absolute atomic E-state index is 0.0257. The molecule has 1 unspecified atom stereocenters. The Hall–Kier alpha value is -2.47. The van der Waals surface area contributed by atoms with Gasteiger partial charge >= 0.3 is 0 Å². The van der Waals surface area contributed by atoms with Gasteiger partial charge in [0.05, 0.1) is 6.04 Å². The highest BCUT2D eigenvalue weighted by atomic mass is 79.9. The van der Waals surface area contributed by atoms with Crippen molar-refractivity contribution < 1.29 is 13.9 Å². The van der Waals surface area contributed by atoms with Gasteiger partial charge < -0.3 is 18.6 Å². The Kier molecular flexibility index (Phi) is 4.59. The number of carbonyl (C=O) groups excluding carboxylic acids is 1. The maximum atomic E-state index is 12.8. The van der Waals surface area contributed by atoms with Gasteiger partial charge in [-0.15, -0.1) is 0 Å². The highest BCUT2D eigenvalue weighted by Crippen LogP contribution is 2.27. The van der Waals surface area contributed by atoms with E-state index < -0.39 is 0 Å². The monoisotopic (exact) mass is 414 g/mol. The molecule has 0 bridgehead atoms. The van der Waals surface area contributed by atoms with Gasteiger partial charge in [0, 0.05) is 29.5 Å². The number of carbonyl (C=O) groups is 1. The number of rotatable bonds is 4. The van der Waals surface area contributed by atoms with E-state index in [1.807, 2.05) is 42.2 Å². The van der Waals surface area contributed by atoms with Crippen LogP contribution in [-0.4, -0.2) is 21.9 Å². The van der Waals surface area contributed by atoms with Crippen molar-refractivity contribution in [1.82, 2.24) is 9.47 Å². The van der Waals surface area contributed by atoms with Crippen LogP contribution in [0.25, 0.3) is 0 Å². The fraction of sp³-hybridized carbons (Fsp3) is 0.250. The molecule has 1 atom stereocenters. The third-order valence-electron chi connectivity index (χ3n) is 4.65. The zero-order valence-corrected chi connectivity index (χ0v) is 16.0. The molecule has 1 aliphatic rings. The van der Waals surface area contributed by atoms with Crippen LogP contribution < -0.4 is 4.74 Å². The quantitative estimate of drug-likeness (QED) is 0.624. The number of benzene rings is 1. The number of halogens is 1. The van der Waals surface area contributed by atoms with Gasteiger partial charge in [0.2, 0.25) is 0 Å². The summed E-state index contributed by atoms with van der Waals surface area (Å²) >= 11 is 3.41. The lowest BCUT2D eigenvalue weighted by Crippen LogP contribution is -2.40. The zero-order chi connectivity index (χ0) is 18.1. The van der Waals surface area contributed by atoms with E-state index in [2.05, 4.69) is 32.8 Å². The molecule has 0 saturated carbocycles. The Labute approximate surface area is 160 Å². The SMILES string of the molecule is CC1c2cccn2CCN1C(=O)c1ccc(COc2cccc(Br)c2)o1. The van der Waals surface area contributed by atoms with Crippen molar-refractivity contribution in [2.24, 2.45) is 0 Å². The molecular formula is C20H19BrN2O3. The number of furan rings is 1. The number of hydrogen-bond acceptors (Lipinski definition) is 3. The van der Waals surface area contributed by atoms with E-state index in [0.717, 1.165) is 22.5 Å². The Bertz CT molecular complexity index is 931. The first-order valence-electron chi connectivity index (χ1n) is 8.55. The van der Waals surface area contributed by atoms with Crippen molar-refractivity contribution in [3.8, 4) is 5.75 Å². The Balaban J connectivity index is 1.43. The minimum atomic E-state index is -0.0846. The summed E-state index contributed by atoms with van der Waals surface area (Å²) in [5, 5.41) is 0. The van der Waals surface area contributed by atoms with Crippen LogP contribution >= 0.6 is 15.9 Å². The number of fused-ring (bicyclic) bond motifs is 1. The molecule has 0 spiro atoms. The normalized spacial score (nSPS) is 16.4. The second-order valence-corrected chi connectivity index (χ2v) is 7.23. The van der Waals surface area contributed by atoms with Crippen LogP contribution in [0.1, 0.15) is 35.0 Å². The predicted octanol–water partition coefficient (Wildman–Crippen LogP) is 4.64. The lowest BCUT2D eigenvalue weighted by Gasteiger charge is -2.34. The summed E-state index contributed by atoms with van der Waals surface area (Å²) in [7, 11) is 0. The molecule has 3 aromatic rings. The molecule has 26 heavy (non-hydrogen) atoms. The van der Waals surface area contributed by atoms with E-state index in [1.165, 1.54) is 0 Å². The third kappa shape index (κ3) is 3.29. The molecule has 2 aromatic heterocycles. The summed E-state index contributed by atoms with van der Waals surface area (Å²) in [6, 6.07) is 15.2. The summed E-state index contributed by atoms with van der Waals surface area (Å²) in [6.45, 7) is 3.80. The van der Waals surface area contributed by atoms with Gasteiger partial charge in [-0.25, -0.2) is 0 Å². The fourth-order valence-corrected chi connectivity index (χ4v) is 3.66. The third-order valence-corrected chi connectivity index (χ3v) is 5.15. The van der Waals surface area contributed by atoms with Crippen LogP contribution in [-0.2, 0) is 13.2 Å². The summed E-state index contributed by atoms with van der Waals surface area (Å²) in [5.41, 5.74) is 1.15. The summed E-state index contributed by atoms with van der Waals surface area (Å²) in [4.78, 5) is 14.7. The number of aromatic nitrogens is 1. The number of hydrogen-bond donors (Lipinski definition) is 0. The van der Waals surface area contributed by atoms with Gasteiger partial charge in [-0.1, -0.05) is 22.0 Å². The first-order chi connectivity index (χ1) is 12.6. The smallest absolute Gasteiger partial charge is 0.290 e. The molecule has 3 heterocycles. The standard InChI is InChI=1S/C20H19BrN2O3/c1-14-18-6-3-9-22(18)10-11-23(14)20(24)19-8-7-17(26-19)13-25-16-5-2-4-15(21)12-16/h2-9,12,14H,10-11,13H2,1H3. The minimum Gasteiger partial charge on any atom is -0.486 e. The van der Waals surface area contributed by atoms with E-state index in [-0.39, 0.29) is 18.6 Å². The van der Waals surface area contributed by atoms with E-state index in [9.17, 15) is 4.79 Å². The van der Waals surface area contributed by atoms with E-state index >= 15 is 0 Å². The molecule has 6 heteroatoms. The molecule has 1 amide bonds. The molecule has 4 rings (SSSR count). The average molecular weight is 415 g/mol. The molecule has 0 fully saturated rings. The zero-order valence-electron chi connectivity index (χ0n) is 14.4. The van der Waals surface area contributed by atoms with Crippen molar-refractivity contribution in [2.75, 3.05) is 6.54 Å². The molecule has 5 nitrogen and oxygen atoms in total. The highest BCUT2D eigenvalue weighted by molar-refractivity contribution is 9.10. The molecule has 1 aliphatic heterocycles. The molecule has 0 aliphatic carbocycles. The Morgan fingerprint density at radius 1 is 1.23 bits per heavy atom. The van der Waals surface area contributed by atoms with Gasteiger partial charge in [0.15, 0.2) is 5.76 Å². The van der Waals surface area contributed by atoms with Crippen LogP contribution in [0, 0.1) is 0 Å². The lowest BCUT2D eigenvalue weighted by atomic mass is 10.1. The Morgan fingerprint density at radius 3 is 2.96 bits per heavy atom. The summed E-state index contributed by atoms with van der Waals surface area (Å²) < 4.78 is 14.6. The van der Waals surface area contributed by atoms with Crippen molar-refractivity contribution in [1.29, 1.82) is 0 Å². The van der Waals surface area contributed by atoms with E-state index in [1.54, 1.807) is 12.1 Å². The van der Waals surface area contributed by atoms with Crippen molar-refractivity contribution in [2.45, 2.75) is 26.1 Å². The van der Waals surface area contributed by atoms with Crippen LogP contribution in [0.2, 0.25) is 0 Å². The predicted molar refractivity (Wildman–Crippen MR) is 101 cm³/mol. The second-order valence-electron chi connectivity index (χ2n) is 6.31. The number of amides is 1. The molecule has 0 saturated heterocycles. The van der Waals surface area contributed by atoms with Crippen molar-refractivity contribution in [3.63, 3.8) is 0 Å². The number of ether oxygens (including phenoxy) is 1. The first-order valence-corrected chi connectivity index (χ1v) is 9.34. The van der Waals surface area contributed by atoms with E-state index in [0.29, 0.717) is 18.1 Å². The molecule has 134 valence electrons. The Morgan fingerprint density at radius 2 is 2.12 bits per heavy atom. The molecular weight excluding hydrogens is 396 g/mol. The van der Waals surface area contributed by atoms with Gasteiger partial charge in [-0.3, -0.25) is 4.79 Å².